The number of halogens is 2. The van der Waals surface area contributed by atoms with Crippen LogP contribution < -0.4 is 4.72 Å². The molecule has 0 amide bonds. The van der Waals surface area contributed by atoms with Crippen LogP contribution in [-0.2, 0) is 19.6 Å². The van der Waals surface area contributed by atoms with Crippen LogP contribution in [0.15, 0.2) is 33.6 Å². The number of rotatable bonds is 5. The van der Waals surface area contributed by atoms with Crippen molar-refractivity contribution in [2.45, 2.75) is 10.3 Å². The number of nitrogens with one attached hydrogen (secondary N) is 1. The zero-order valence-corrected chi connectivity index (χ0v) is 12.5. The summed E-state index contributed by atoms with van der Waals surface area (Å²) < 4.78 is 31.0. The van der Waals surface area contributed by atoms with Gasteiger partial charge in [-0.05, 0) is 24.3 Å². The van der Waals surface area contributed by atoms with Crippen molar-refractivity contribution >= 4 is 43.5 Å². The van der Waals surface area contributed by atoms with E-state index in [-0.39, 0.29) is 11.4 Å². The van der Waals surface area contributed by atoms with Gasteiger partial charge in [0.15, 0.2) is 0 Å². The molecule has 0 saturated carbocycles. The van der Waals surface area contributed by atoms with Crippen molar-refractivity contribution < 1.29 is 17.9 Å². The van der Waals surface area contributed by atoms with Crippen molar-refractivity contribution in [1.82, 2.24) is 4.72 Å². The molecule has 8 heteroatoms. The predicted molar refractivity (Wildman–Crippen MR) is 71.0 cm³/mol. The molecule has 18 heavy (non-hydrogen) atoms. The molecule has 0 heterocycles. The smallest absolute Gasteiger partial charge is 0.325 e. The van der Waals surface area contributed by atoms with E-state index in [1.54, 1.807) is 12.1 Å². The van der Waals surface area contributed by atoms with Crippen LogP contribution in [0.5, 0.6) is 0 Å². The van der Waals surface area contributed by atoms with E-state index in [2.05, 4.69) is 25.4 Å². The number of alkyl halides is 1. The summed E-state index contributed by atoms with van der Waals surface area (Å²) in [5.74, 6) is -0.685. The van der Waals surface area contributed by atoms with E-state index >= 15 is 0 Å². The molecule has 0 radical (unpaired) electrons. The summed E-state index contributed by atoms with van der Waals surface area (Å²) in [6, 6.07) is 6.09. The minimum Gasteiger partial charge on any atom is -0.468 e. The topological polar surface area (TPSA) is 72.5 Å². The zero-order chi connectivity index (χ0) is 13.8. The number of carbonyl (C=O) groups is 1. The fourth-order valence-corrected chi connectivity index (χ4v) is 2.66. The Labute approximate surface area is 119 Å². The third-order valence-corrected chi connectivity index (χ3v) is 4.33. The first-order valence-corrected chi connectivity index (χ1v) is 7.55. The minimum absolute atomic E-state index is 0.0967. The maximum absolute atomic E-state index is 11.8. The second kappa shape index (κ2) is 6.51. The summed E-state index contributed by atoms with van der Waals surface area (Å²) in [7, 11) is -2.50. The van der Waals surface area contributed by atoms with Gasteiger partial charge in [0.05, 0.1) is 12.0 Å². The molecule has 1 rings (SSSR count). The molecule has 1 aromatic rings. The standard InChI is InChI=1S/C10H11BrClNO4S/c1-17-10(14)9(12)6-13-18(15,16)8-4-2-7(11)3-5-8/h2-5,9,13H,6H2,1H3. The lowest BCUT2D eigenvalue weighted by atomic mass is 10.4. The first-order valence-electron chi connectivity index (χ1n) is 4.84. The Morgan fingerprint density at radius 2 is 2.00 bits per heavy atom. The van der Waals surface area contributed by atoms with Crippen LogP contribution >= 0.6 is 27.5 Å². The van der Waals surface area contributed by atoms with Crippen molar-refractivity contribution in [2.75, 3.05) is 13.7 Å². The Kier molecular flexibility index (Phi) is 5.58. The van der Waals surface area contributed by atoms with E-state index in [0.29, 0.717) is 0 Å². The second-order valence-corrected chi connectivity index (χ2v) is 6.51. The Balaban J connectivity index is 2.71. The summed E-state index contributed by atoms with van der Waals surface area (Å²) in [6.07, 6.45) is 0. The van der Waals surface area contributed by atoms with Gasteiger partial charge in [-0.15, -0.1) is 11.6 Å². The van der Waals surface area contributed by atoms with Crippen molar-refractivity contribution in [1.29, 1.82) is 0 Å². The number of methoxy groups -OCH3 is 1. The molecule has 5 nitrogen and oxygen atoms in total. The fourth-order valence-electron chi connectivity index (χ4n) is 1.09. The summed E-state index contributed by atoms with van der Waals surface area (Å²) in [5, 5.41) is -1.06. The number of esters is 1. The normalized spacial score (nSPS) is 13.1. The van der Waals surface area contributed by atoms with E-state index in [1.807, 2.05) is 0 Å². The van der Waals surface area contributed by atoms with Crippen LogP contribution in [0.1, 0.15) is 0 Å². The van der Waals surface area contributed by atoms with Crippen LogP contribution in [0.25, 0.3) is 0 Å². The number of benzene rings is 1. The highest BCUT2D eigenvalue weighted by Gasteiger charge is 2.20. The number of hydrogen-bond acceptors (Lipinski definition) is 4. The van der Waals surface area contributed by atoms with Gasteiger partial charge in [0.1, 0.15) is 5.38 Å². The van der Waals surface area contributed by atoms with Gasteiger partial charge in [-0.1, -0.05) is 15.9 Å². The van der Waals surface area contributed by atoms with Crippen molar-refractivity contribution in [2.24, 2.45) is 0 Å². The maximum Gasteiger partial charge on any atom is 0.325 e. The average Bonchev–Trinajstić information content (AvgIpc) is 2.35. The van der Waals surface area contributed by atoms with Crippen molar-refractivity contribution in [3.63, 3.8) is 0 Å². The van der Waals surface area contributed by atoms with Gasteiger partial charge in [0.25, 0.3) is 0 Å². The third-order valence-electron chi connectivity index (χ3n) is 2.03. The van der Waals surface area contributed by atoms with Crippen LogP contribution in [0.3, 0.4) is 0 Å². The highest BCUT2D eigenvalue weighted by Crippen LogP contribution is 2.14. The SMILES string of the molecule is COC(=O)C(Cl)CNS(=O)(=O)c1ccc(Br)cc1. The minimum atomic E-state index is -3.68. The molecule has 1 aromatic carbocycles. The quantitative estimate of drug-likeness (QED) is 0.641. The molecule has 0 aliphatic rings. The molecular weight excluding hydrogens is 346 g/mol. The van der Waals surface area contributed by atoms with Crippen LogP contribution in [0, 0.1) is 0 Å². The van der Waals surface area contributed by atoms with Gasteiger partial charge in [-0.2, -0.15) is 0 Å². The summed E-state index contributed by atoms with van der Waals surface area (Å²) in [6.45, 7) is -0.230. The van der Waals surface area contributed by atoms with E-state index in [0.717, 1.165) is 4.47 Å². The highest BCUT2D eigenvalue weighted by atomic mass is 79.9. The Morgan fingerprint density at radius 1 is 1.44 bits per heavy atom. The lowest BCUT2D eigenvalue weighted by Crippen LogP contribution is -2.34. The maximum atomic E-state index is 11.8. The summed E-state index contributed by atoms with van der Waals surface area (Å²) in [5.41, 5.74) is 0. The molecular formula is C10H11BrClNO4S. The second-order valence-electron chi connectivity index (χ2n) is 3.30. The molecule has 100 valence electrons. The van der Waals surface area contributed by atoms with E-state index in [9.17, 15) is 13.2 Å². The monoisotopic (exact) mass is 355 g/mol. The van der Waals surface area contributed by atoms with Gasteiger partial charge in [0.2, 0.25) is 10.0 Å². The molecule has 0 spiro atoms. The van der Waals surface area contributed by atoms with Crippen LogP contribution in [0.4, 0.5) is 0 Å². The van der Waals surface area contributed by atoms with Gasteiger partial charge in [-0.3, -0.25) is 4.79 Å². The number of hydrogen-bond donors (Lipinski definition) is 1. The van der Waals surface area contributed by atoms with Gasteiger partial charge in [0, 0.05) is 11.0 Å². The van der Waals surface area contributed by atoms with E-state index < -0.39 is 21.4 Å². The molecule has 1 unspecified atom stereocenters. The first-order chi connectivity index (χ1) is 8.36. The molecule has 0 bridgehead atoms. The van der Waals surface area contributed by atoms with Crippen molar-refractivity contribution in [3.8, 4) is 0 Å². The molecule has 0 aliphatic carbocycles. The molecule has 0 fully saturated rings. The van der Waals surface area contributed by atoms with Gasteiger partial charge in [-0.25, -0.2) is 13.1 Å². The Bertz CT molecular complexity index is 517. The summed E-state index contributed by atoms with van der Waals surface area (Å²) >= 11 is 8.85. The molecule has 0 saturated heterocycles. The zero-order valence-electron chi connectivity index (χ0n) is 9.39. The fraction of sp³-hybridized carbons (Fsp3) is 0.300. The largest absolute Gasteiger partial charge is 0.468 e. The average molecular weight is 357 g/mol. The van der Waals surface area contributed by atoms with E-state index in [4.69, 9.17) is 11.6 Å². The molecule has 0 aliphatic heterocycles. The van der Waals surface area contributed by atoms with Crippen LogP contribution in [-0.4, -0.2) is 33.4 Å². The van der Waals surface area contributed by atoms with Gasteiger partial charge < -0.3 is 4.74 Å². The molecule has 1 N–H and O–H groups in total. The molecule has 0 aromatic heterocycles. The van der Waals surface area contributed by atoms with Crippen LogP contribution in [0.2, 0.25) is 0 Å². The van der Waals surface area contributed by atoms with E-state index in [1.165, 1.54) is 19.2 Å². The van der Waals surface area contributed by atoms with Gasteiger partial charge >= 0.3 is 5.97 Å². The highest BCUT2D eigenvalue weighted by molar-refractivity contribution is 9.10. The lowest BCUT2D eigenvalue weighted by molar-refractivity contribution is -0.140. The Hall–Kier alpha value is -0.630. The summed E-state index contributed by atoms with van der Waals surface area (Å²) in [4.78, 5) is 11.1. The first kappa shape index (κ1) is 15.4. The Morgan fingerprint density at radius 3 is 2.50 bits per heavy atom. The van der Waals surface area contributed by atoms with Crippen molar-refractivity contribution in [3.05, 3.63) is 28.7 Å². The number of sulfonamides is 1. The number of carbonyl (C=O) groups excluding carboxylic acids is 1. The molecule has 1 atom stereocenters. The lowest BCUT2D eigenvalue weighted by Gasteiger charge is -2.09. The predicted octanol–water partition coefficient (Wildman–Crippen LogP) is 1.51. The number of ether oxygens (including phenoxy) is 1. The third kappa shape index (κ3) is 4.24.